The summed E-state index contributed by atoms with van der Waals surface area (Å²) in [5.74, 6) is 1.16. The number of carbonyl (C=O) groups excluding carboxylic acids is 1. The van der Waals surface area contributed by atoms with E-state index >= 15 is 0 Å². The maximum atomic E-state index is 12.7. The molecule has 2 aliphatic rings. The van der Waals surface area contributed by atoms with Gasteiger partial charge in [0, 0.05) is 29.4 Å². The van der Waals surface area contributed by atoms with Crippen LogP contribution >= 0.6 is 11.8 Å². The van der Waals surface area contributed by atoms with E-state index in [-0.39, 0.29) is 17.3 Å². The van der Waals surface area contributed by atoms with E-state index in [2.05, 4.69) is 17.4 Å². The van der Waals surface area contributed by atoms with Crippen molar-refractivity contribution in [2.24, 2.45) is 0 Å². The van der Waals surface area contributed by atoms with E-state index in [1.54, 1.807) is 0 Å². The number of fused-ring (bicyclic) bond motifs is 1. The van der Waals surface area contributed by atoms with Gasteiger partial charge < -0.3 is 19.5 Å². The molecular weight excluding hydrogens is 362 g/mol. The Balaban J connectivity index is 1.40. The van der Waals surface area contributed by atoms with Gasteiger partial charge >= 0.3 is 0 Å². The molecule has 0 bridgehead atoms. The molecule has 1 N–H and O–H groups in total. The first-order valence-electron chi connectivity index (χ1n) is 9.22. The van der Waals surface area contributed by atoms with Crippen LogP contribution in [0.1, 0.15) is 12.8 Å². The van der Waals surface area contributed by atoms with Gasteiger partial charge in [-0.25, -0.2) is 0 Å². The van der Waals surface area contributed by atoms with E-state index in [9.17, 15) is 4.79 Å². The highest BCUT2D eigenvalue weighted by atomic mass is 32.2. The van der Waals surface area contributed by atoms with E-state index in [1.807, 2.05) is 54.2 Å². The zero-order valence-corrected chi connectivity index (χ0v) is 15.9. The fraction of sp³-hybridized carbons (Fsp3) is 0.381. The number of benzene rings is 2. The lowest BCUT2D eigenvalue weighted by atomic mass is 9.99. The molecule has 2 aromatic carbocycles. The van der Waals surface area contributed by atoms with Gasteiger partial charge in [-0.15, -0.1) is 11.8 Å². The second kappa shape index (κ2) is 8.23. The largest absolute Gasteiger partial charge is 0.485 e. The summed E-state index contributed by atoms with van der Waals surface area (Å²) in [4.78, 5) is 13.9. The number of ether oxygens (including phenoxy) is 3. The average Bonchev–Trinajstić information content (AvgIpc) is 2.73. The molecule has 1 saturated heterocycles. The Kier molecular flexibility index (Phi) is 5.55. The van der Waals surface area contributed by atoms with E-state index < -0.39 is 6.10 Å². The van der Waals surface area contributed by atoms with Crippen molar-refractivity contribution in [2.75, 3.05) is 26.4 Å². The van der Waals surface area contributed by atoms with E-state index in [4.69, 9.17) is 14.2 Å². The van der Waals surface area contributed by atoms with E-state index in [0.717, 1.165) is 12.8 Å². The van der Waals surface area contributed by atoms with Crippen LogP contribution in [0.3, 0.4) is 0 Å². The summed E-state index contributed by atoms with van der Waals surface area (Å²) in [5.41, 5.74) is 0. The first-order valence-corrected chi connectivity index (χ1v) is 10.0. The van der Waals surface area contributed by atoms with Crippen LogP contribution in [-0.4, -0.2) is 43.1 Å². The van der Waals surface area contributed by atoms with Crippen molar-refractivity contribution in [3.8, 4) is 11.5 Å². The maximum Gasteiger partial charge on any atom is 0.264 e. The van der Waals surface area contributed by atoms with E-state index in [1.165, 1.54) is 4.90 Å². The Bertz CT molecular complexity index is 777. The molecule has 142 valence electrons. The SMILES string of the molecule is O=C(NCC1(Sc2ccccc2)CCOCC1)[C@@H]1COc2ccccc2O1. The molecule has 4 rings (SSSR count). The van der Waals surface area contributed by atoms with E-state index in [0.29, 0.717) is 31.3 Å². The van der Waals surface area contributed by atoms with Gasteiger partial charge in [-0.1, -0.05) is 30.3 Å². The summed E-state index contributed by atoms with van der Waals surface area (Å²) in [6.07, 6.45) is 1.17. The number of thioether (sulfide) groups is 1. The second-order valence-corrected chi connectivity index (χ2v) is 8.33. The van der Waals surface area contributed by atoms with Crippen molar-refractivity contribution in [1.29, 1.82) is 0 Å². The number of rotatable bonds is 5. The minimum absolute atomic E-state index is 0.0668. The Labute approximate surface area is 163 Å². The third kappa shape index (κ3) is 4.39. The van der Waals surface area contributed by atoms with Crippen LogP contribution in [0.4, 0.5) is 0 Å². The van der Waals surface area contributed by atoms with Crippen molar-refractivity contribution in [1.82, 2.24) is 5.32 Å². The number of carbonyl (C=O) groups is 1. The number of hydrogen-bond acceptors (Lipinski definition) is 5. The van der Waals surface area contributed by atoms with Gasteiger partial charge in [0.25, 0.3) is 5.91 Å². The molecule has 6 heteroatoms. The minimum atomic E-state index is -0.626. The number of amides is 1. The number of para-hydroxylation sites is 2. The summed E-state index contributed by atoms with van der Waals surface area (Å²) in [6.45, 7) is 2.24. The molecule has 0 radical (unpaired) electrons. The van der Waals surface area contributed by atoms with Crippen LogP contribution in [0.5, 0.6) is 11.5 Å². The maximum absolute atomic E-state index is 12.7. The standard InChI is InChI=1S/C21H23NO4S/c23-20(19-14-25-17-8-4-5-9-18(17)26-19)22-15-21(10-12-24-13-11-21)27-16-6-2-1-3-7-16/h1-9,19H,10-15H2,(H,22,23)/t19-/m0/s1. The number of nitrogens with one attached hydrogen (secondary N) is 1. The molecule has 1 fully saturated rings. The highest BCUT2D eigenvalue weighted by Gasteiger charge is 2.36. The lowest BCUT2D eigenvalue weighted by Gasteiger charge is -2.37. The van der Waals surface area contributed by atoms with Crippen molar-refractivity contribution >= 4 is 17.7 Å². The van der Waals surface area contributed by atoms with Crippen LogP contribution in [0.15, 0.2) is 59.5 Å². The molecule has 1 amide bonds. The lowest BCUT2D eigenvalue weighted by Crippen LogP contribution is -2.50. The summed E-state index contributed by atoms with van der Waals surface area (Å²) in [6, 6.07) is 17.7. The van der Waals surface area contributed by atoms with Gasteiger partial charge in [0.15, 0.2) is 11.5 Å². The van der Waals surface area contributed by atoms with Gasteiger partial charge in [-0.3, -0.25) is 4.79 Å². The Morgan fingerprint density at radius 2 is 1.74 bits per heavy atom. The van der Waals surface area contributed by atoms with Crippen molar-refractivity contribution in [2.45, 2.75) is 28.6 Å². The fourth-order valence-corrected chi connectivity index (χ4v) is 4.62. The van der Waals surface area contributed by atoms with Crippen LogP contribution < -0.4 is 14.8 Å². The predicted octanol–water partition coefficient (Wildman–Crippen LogP) is 3.28. The highest BCUT2D eigenvalue weighted by Crippen LogP contribution is 2.40. The summed E-state index contributed by atoms with van der Waals surface area (Å²) >= 11 is 1.82. The van der Waals surface area contributed by atoms with Gasteiger partial charge in [0.05, 0.1) is 0 Å². The highest BCUT2D eigenvalue weighted by molar-refractivity contribution is 8.00. The van der Waals surface area contributed by atoms with Crippen molar-refractivity contribution in [3.63, 3.8) is 0 Å². The molecule has 2 aromatic rings. The molecular formula is C21H23NO4S. The average molecular weight is 385 g/mol. The number of hydrogen-bond donors (Lipinski definition) is 1. The molecule has 0 aromatic heterocycles. The Morgan fingerprint density at radius 1 is 1.04 bits per heavy atom. The molecule has 0 spiro atoms. The predicted molar refractivity (Wildman–Crippen MR) is 104 cm³/mol. The van der Waals surface area contributed by atoms with Gasteiger partial charge in [0.2, 0.25) is 6.10 Å². The quantitative estimate of drug-likeness (QED) is 0.856. The molecule has 1 atom stereocenters. The molecule has 0 saturated carbocycles. The zero-order valence-electron chi connectivity index (χ0n) is 15.1. The van der Waals surface area contributed by atoms with Crippen molar-refractivity contribution in [3.05, 3.63) is 54.6 Å². The summed E-state index contributed by atoms with van der Waals surface area (Å²) in [5, 5.41) is 3.09. The third-order valence-corrected chi connectivity index (χ3v) is 6.36. The molecule has 2 heterocycles. The smallest absolute Gasteiger partial charge is 0.264 e. The zero-order chi connectivity index (χ0) is 18.5. The second-order valence-electron chi connectivity index (χ2n) is 6.79. The third-order valence-electron chi connectivity index (χ3n) is 4.87. The monoisotopic (exact) mass is 385 g/mol. The topological polar surface area (TPSA) is 56.8 Å². The molecule has 0 unspecified atom stereocenters. The fourth-order valence-electron chi connectivity index (χ4n) is 3.31. The summed E-state index contributed by atoms with van der Waals surface area (Å²) in [7, 11) is 0. The van der Waals surface area contributed by atoms with Crippen LogP contribution in [0.25, 0.3) is 0 Å². The lowest BCUT2D eigenvalue weighted by molar-refractivity contribution is -0.130. The Hall–Kier alpha value is -2.18. The van der Waals surface area contributed by atoms with Gasteiger partial charge in [-0.2, -0.15) is 0 Å². The minimum Gasteiger partial charge on any atom is -0.485 e. The normalized spacial score (nSPS) is 20.7. The van der Waals surface area contributed by atoms with Crippen LogP contribution in [-0.2, 0) is 9.53 Å². The van der Waals surface area contributed by atoms with Crippen LogP contribution in [0.2, 0.25) is 0 Å². The van der Waals surface area contributed by atoms with Gasteiger partial charge in [-0.05, 0) is 37.1 Å². The first kappa shape index (κ1) is 18.2. The Morgan fingerprint density at radius 3 is 2.52 bits per heavy atom. The van der Waals surface area contributed by atoms with Crippen LogP contribution in [0, 0.1) is 0 Å². The molecule has 27 heavy (non-hydrogen) atoms. The molecule has 0 aliphatic carbocycles. The van der Waals surface area contributed by atoms with Crippen molar-refractivity contribution < 1.29 is 19.0 Å². The molecule has 5 nitrogen and oxygen atoms in total. The first-order chi connectivity index (χ1) is 13.2. The van der Waals surface area contributed by atoms with Gasteiger partial charge in [0.1, 0.15) is 6.61 Å². The summed E-state index contributed by atoms with van der Waals surface area (Å²) < 4.78 is 17.0. The molecule has 2 aliphatic heterocycles.